The highest BCUT2D eigenvalue weighted by Crippen LogP contribution is 2.36. The molecule has 2 aliphatic heterocycles. The second-order valence-corrected chi connectivity index (χ2v) is 8.84. The van der Waals surface area contributed by atoms with Crippen molar-refractivity contribution in [3.63, 3.8) is 0 Å². The maximum atomic E-state index is 10.9. The van der Waals surface area contributed by atoms with Crippen LogP contribution in [0.3, 0.4) is 0 Å². The zero-order chi connectivity index (χ0) is 20.9. The van der Waals surface area contributed by atoms with Crippen molar-refractivity contribution in [1.29, 1.82) is 0 Å². The van der Waals surface area contributed by atoms with E-state index in [1.165, 1.54) is 0 Å². The van der Waals surface area contributed by atoms with E-state index < -0.39 is 5.24 Å². The van der Waals surface area contributed by atoms with Crippen LogP contribution in [-0.4, -0.2) is 51.4 Å². The van der Waals surface area contributed by atoms with E-state index in [0.29, 0.717) is 0 Å². The molecule has 4 rings (SSSR count). The number of anilines is 2. The van der Waals surface area contributed by atoms with Gasteiger partial charge in [-0.1, -0.05) is 17.8 Å². The highest BCUT2D eigenvalue weighted by atomic mass is 35.5. The number of piperidine rings is 1. The number of rotatable bonds is 7. The van der Waals surface area contributed by atoms with E-state index in [0.717, 1.165) is 53.7 Å². The number of carbonyl (C=O) groups is 1. The van der Waals surface area contributed by atoms with Crippen molar-refractivity contribution in [2.75, 3.05) is 25.0 Å². The Bertz CT molecular complexity index is 933. The third-order valence-electron chi connectivity index (χ3n) is 5.01. The molecule has 0 amide bonds. The first-order valence-electron chi connectivity index (χ1n) is 9.91. The zero-order valence-corrected chi connectivity index (χ0v) is 18.2. The quantitative estimate of drug-likeness (QED) is 0.624. The average Bonchev–Trinajstić information content (AvgIpc) is 3.23. The van der Waals surface area contributed by atoms with Crippen LogP contribution < -0.4 is 10.6 Å². The number of hydrogen-bond donors (Lipinski definition) is 2. The highest BCUT2D eigenvalue weighted by molar-refractivity contribution is 8.09. The molecular weight excluding hydrogens is 422 g/mol. The number of pyridine rings is 2. The zero-order valence-electron chi connectivity index (χ0n) is 16.7. The number of likely N-dealkylation sites (tertiary alicyclic amines) is 1. The number of aryl methyl sites for hydroxylation is 1. The number of nitrogens with one attached hydrogen (secondary N) is 2. The van der Waals surface area contributed by atoms with Crippen LogP contribution in [0.15, 0.2) is 42.7 Å². The molecule has 0 radical (unpaired) electrons. The smallest absolute Gasteiger partial charge is 0.247 e. The summed E-state index contributed by atoms with van der Waals surface area (Å²) in [4.78, 5) is 23.4. The number of hydrogen-bond acceptors (Lipinski definition) is 8. The summed E-state index contributed by atoms with van der Waals surface area (Å²) >= 11 is 7.12. The number of nitrogens with zero attached hydrogens (tertiary/aromatic N) is 3. The Labute approximate surface area is 185 Å². The van der Waals surface area contributed by atoms with Gasteiger partial charge in [0.2, 0.25) is 5.24 Å². The van der Waals surface area contributed by atoms with Gasteiger partial charge in [0.15, 0.2) is 0 Å². The summed E-state index contributed by atoms with van der Waals surface area (Å²) < 4.78 is 5.54. The molecule has 2 aromatic heterocycles. The van der Waals surface area contributed by atoms with E-state index >= 15 is 0 Å². The van der Waals surface area contributed by atoms with Crippen molar-refractivity contribution in [3.05, 3.63) is 54.0 Å². The molecule has 1 saturated heterocycles. The van der Waals surface area contributed by atoms with Gasteiger partial charge in [0.25, 0.3) is 0 Å². The van der Waals surface area contributed by atoms with Gasteiger partial charge in [-0.25, -0.2) is 9.97 Å². The molecule has 4 heterocycles. The van der Waals surface area contributed by atoms with Gasteiger partial charge in [0, 0.05) is 25.5 Å². The Morgan fingerprint density at radius 2 is 2.17 bits per heavy atom. The van der Waals surface area contributed by atoms with Gasteiger partial charge < -0.3 is 15.4 Å². The fourth-order valence-electron chi connectivity index (χ4n) is 3.49. The predicted molar refractivity (Wildman–Crippen MR) is 120 cm³/mol. The average molecular weight is 446 g/mol. The molecule has 2 aliphatic rings. The number of ether oxygens (including phenoxy) is 1. The Balaban J connectivity index is 1.32. The number of thioether (sulfide) groups is 1. The summed E-state index contributed by atoms with van der Waals surface area (Å²) in [7, 11) is 0. The lowest BCUT2D eigenvalue weighted by Gasteiger charge is -2.35. The van der Waals surface area contributed by atoms with E-state index in [-0.39, 0.29) is 18.2 Å². The van der Waals surface area contributed by atoms with E-state index in [1.54, 1.807) is 18.0 Å². The van der Waals surface area contributed by atoms with Crippen LogP contribution in [0.25, 0.3) is 4.91 Å². The minimum absolute atomic E-state index is 0.0114. The lowest BCUT2D eigenvalue weighted by Crippen LogP contribution is -2.45. The maximum Gasteiger partial charge on any atom is 0.247 e. The van der Waals surface area contributed by atoms with Gasteiger partial charge in [-0.05, 0) is 61.2 Å². The summed E-state index contributed by atoms with van der Waals surface area (Å²) in [6, 6.07) is 9.91. The Morgan fingerprint density at radius 3 is 2.93 bits per heavy atom. The summed E-state index contributed by atoms with van der Waals surface area (Å²) in [6.45, 7) is 3.83. The summed E-state index contributed by atoms with van der Waals surface area (Å²) in [5.74, 6) is 1.55. The molecule has 0 saturated carbocycles. The molecule has 1 atom stereocenters. The van der Waals surface area contributed by atoms with Gasteiger partial charge in [-0.15, -0.1) is 0 Å². The molecule has 1 fully saturated rings. The van der Waals surface area contributed by atoms with Crippen LogP contribution in [0.4, 0.5) is 11.6 Å². The molecule has 2 aromatic rings. The molecule has 158 valence electrons. The van der Waals surface area contributed by atoms with Crippen molar-refractivity contribution in [1.82, 2.24) is 20.2 Å². The minimum atomic E-state index is -0.443. The number of halogens is 1. The maximum absolute atomic E-state index is 10.9. The summed E-state index contributed by atoms with van der Waals surface area (Å²) in [6.07, 6.45) is 5.69. The molecule has 30 heavy (non-hydrogen) atoms. The van der Waals surface area contributed by atoms with E-state index in [2.05, 4.69) is 20.5 Å². The largest absolute Gasteiger partial charge is 0.369 e. The first-order chi connectivity index (χ1) is 14.6. The molecular formula is C21H24ClN5O2S. The lowest BCUT2D eigenvalue weighted by atomic mass is 10.1. The van der Waals surface area contributed by atoms with Crippen molar-refractivity contribution in [3.8, 4) is 0 Å². The molecule has 0 aliphatic carbocycles. The van der Waals surface area contributed by atoms with Gasteiger partial charge in [0.05, 0.1) is 16.7 Å². The third kappa shape index (κ3) is 5.51. The molecule has 2 N–H and O–H groups in total. The summed E-state index contributed by atoms with van der Waals surface area (Å²) in [5, 5.41) is 6.28. The van der Waals surface area contributed by atoms with Crippen LogP contribution >= 0.6 is 23.4 Å². The highest BCUT2D eigenvalue weighted by Gasteiger charge is 2.29. The molecule has 9 heteroatoms. The van der Waals surface area contributed by atoms with Crippen LogP contribution in [-0.2, 0) is 9.53 Å². The number of aromatic nitrogens is 2. The van der Waals surface area contributed by atoms with Crippen molar-refractivity contribution >= 4 is 45.1 Å². The van der Waals surface area contributed by atoms with Crippen LogP contribution in [0.5, 0.6) is 0 Å². The Kier molecular flexibility index (Phi) is 6.89. The molecule has 1 unspecified atom stereocenters. The SMILES string of the molecule is Cc1ccnc(Nc2cccc(C3=CNC(N4CCC(OCC(=O)Cl)CC4)S3)n2)c1. The monoisotopic (exact) mass is 445 g/mol. The van der Waals surface area contributed by atoms with Crippen LogP contribution in [0.1, 0.15) is 24.1 Å². The topological polar surface area (TPSA) is 79.4 Å². The standard InChI is InChI=1S/C21H24ClN5O2S/c1-14-5-8-23-20(11-14)26-19-4-2-3-16(25-19)17-12-24-21(30-17)27-9-6-15(7-10-27)29-13-18(22)28/h2-5,8,11-12,15,21,24H,6-7,9-10,13H2,1H3,(H,23,25,26). The van der Waals surface area contributed by atoms with Gasteiger partial charge in [-0.3, -0.25) is 9.69 Å². The van der Waals surface area contributed by atoms with Gasteiger partial charge >= 0.3 is 0 Å². The first-order valence-corrected chi connectivity index (χ1v) is 11.2. The Morgan fingerprint density at radius 1 is 1.33 bits per heavy atom. The van der Waals surface area contributed by atoms with Crippen LogP contribution in [0, 0.1) is 6.92 Å². The Hall–Kier alpha value is -2.13. The third-order valence-corrected chi connectivity index (χ3v) is 6.36. The first kappa shape index (κ1) is 21.1. The van der Waals surface area contributed by atoms with Crippen LogP contribution in [0.2, 0.25) is 0 Å². The molecule has 7 nitrogen and oxygen atoms in total. The number of carbonyl (C=O) groups excluding carboxylic acids is 1. The van der Waals surface area contributed by atoms with Crippen molar-refractivity contribution in [2.45, 2.75) is 31.4 Å². The van der Waals surface area contributed by atoms with Crippen molar-refractivity contribution in [2.24, 2.45) is 0 Å². The van der Waals surface area contributed by atoms with Crippen molar-refractivity contribution < 1.29 is 9.53 Å². The fraction of sp³-hybridized carbons (Fsp3) is 0.381. The minimum Gasteiger partial charge on any atom is -0.369 e. The fourth-order valence-corrected chi connectivity index (χ4v) is 4.66. The second-order valence-electron chi connectivity index (χ2n) is 7.30. The lowest BCUT2D eigenvalue weighted by molar-refractivity contribution is -0.118. The second kappa shape index (κ2) is 9.78. The van der Waals surface area contributed by atoms with E-state index in [4.69, 9.17) is 21.3 Å². The normalized spacial score (nSPS) is 19.9. The van der Waals surface area contributed by atoms with E-state index in [9.17, 15) is 4.79 Å². The van der Waals surface area contributed by atoms with E-state index in [1.807, 2.05) is 43.5 Å². The predicted octanol–water partition coefficient (Wildman–Crippen LogP) is 3.69. The van der Waals surface area contributed by atoms with Gasteiger partial charge in [0.1, 0.15) is 23.7 Å². The molecule has 0 spiro atoms. The summed E-state index contributed by atoms with van der Waals surface area (Å²) in [5.41, 5.74) is 2.24. The molecule has 0 aromatic carbocycles. The van der Waals surface area contributed by atoms with Gasteiger partial charge in [-0.2, -0.15) is 0 Å². The molecule has 0 bridgehead atoms.